The van der Waals surface area contributed by atoms with Gasteiger partial charge in [-0.1, -0.05) is 36.4 Å². The van der Waals surface area contributed by atoms with Crippen LogP contribution in [0.1, 0.15) is 12.0 Å². The zero-order chi connectivity index (χ0) is 20.6. The molecule has 0 saturated carbocycles. The molecule has 0 aliphatic heterocycles. The zero-order valence-corrected chi connectivity index (χ0v) is 20.5. The van der Waals surface area contributed by atoms with Gasteiger partial charge in [0.05, 0.1) is 6.61 Å². The van der Waals surface area contributed by atoms with Gasteiger partial charge in [0.2, 0.25) is 0 Å². The number of benzene rings is 1. The highest BCUT2D eigenvalue weighted by Crippen LogP contribution is 2.28. The van der Waals surface area contributed by atoms with Gasteiger partial charge in [0.1, 0.15) is 6.61 Å². The van der Waals surface area contributed by atoms with Crippen LogP contribution in [0.15, 0.2) is 36.0 Å². The fourth-order valence-electron chi connectivity index (χ4n) is 2.65. The lowest BCUT2D eigenvalue weighted by Gasteiger charge is -2.39. The summed E-state index contributed by atoms with van der Waals surface area (Å²) in [5.74, 6) is -0.598. The van der Waals surface area contributed by atoms with Gasteiger partial charge in [0.25, 0.3) is 0 Å². The van der Waals surface area contributed by atoms with E-state index in [1.807, 2.05) is 18.2 Å². The van der Waals surface area contributed by atoms with Crippen LogP contribution in [-0.2, 0) is 17.8 Å². The van der Waals surface area contributed by atoms with Crippen LogP contribution in [-0.4, -0.2) is 49.5 Å². The summed E-state index contributed by atoms with van der Waals surface area (Å²) in [5, 5.41) is 8.79. The molecule has 152 valence electrons. The van der Waals surface area contributed by atoms with E-state index < -0.39 is 37.8 Å². The number of aliphatic hydroxyl groups excluding tert-OH is 1. The Hall–Kier alpha value is -1.04. The zero-order valence-electron chi connectivity index (χ0n) is 17.5. The first-order valence-corrected chi connectivity index (χ1v) is 18.3. The highest BCUT2D eigenvalue weighted by molar-refractivity contribution is 6.90. The first-order chi connectivity index (χ1) is 12.4. The van der Waals surface area contributed by atoms with Gasteiger partial charge in [0, 0.05) is 0 Å². The lowest BCUT2D eigenvalue weighted by Crippen LogP contribution is -2.53. The maximum atomic E-state index is 11.2. The van der Waals surface area contributed by atoms with Crippen molar-refractivity contribution in [1.82, 2.24) is 0 Å². The van der Waals surface area contributed by atoms with Crippen LogP contribution in [0.4, 0.5) is 0 Å². The van der Waals surface area contributed by atoms with E-state index in [-0.39, 0.29) is 6.61 Å². The molecule has 0 radical (unpaired) electrons. The molecular weight excluding hydrogens is 392 g/mol. The van der Waals surface area contributed by atoms with Crippen molar-refractivity contribution in [2.75, 3.05) is 13.2 Å². The summed E-state index contributed by atoms with van der Waals surface area (Å²) in [6, 6.07) is 10.8. The number of carbonyl (C=O) groups is 1. The molecule has 0 amide bonds. The Morgan fingerprint density at radius 2 is 1.56 bits per heavy atom. The minimum Gasteiger partial charge on any atom is -0.464 e. The molecule has 0 aliphatic rings. The second-order valence-electron chi connectivity index (χ2n) is 8.47. The Morgan fingerprint density at radius 1 is 1.00 bits per heavy atom. The predicted octanol–water partition coefficient (Wildman–Crippen LogP) is 4.31. The number of esters is 1. The van der Waals surface area contributed by atoms with Crippen LogP contribution in [0.25, 0.3) is 6.08 Å². The van der Waals surface area contributed by atoms with Gasteiger partial charge in [-0.3, -0.25) is 0 Å². The predicted molar refractivity (Wildman–Crippen MR) is 118 cm³/mol. The van der Waals surface area contributed by atoms with Crippen molar-refractivity contribution in [1.29, 1.82) is 0 Å². The maximum absolute atomic E-state index is 11.2. The third kappa shape index (κ3) is 10.8. The summed E-state index contributed by atoms with van der Waals surface area (Å²) < 4.78 is 18.4. The molecule has 0 heterocycles. The summed E-state index contributed by atoms with van der Waals surface area (Å²) in [6.07, 6.45) is 2.73. The average Bonchev–Trinajstić information content (AvgIpc) is 2.55. The second kappa shape index (κ2) is 10.5. The molecular formula is C19H34O5Si3. The monoisotopic (exact) mass is 426 g/mol. The van der Waals surface area contributed by atoms with Crippen LogP contribution < -0.4 is 0 Å². The van der Waals surface area contributed by atoms with Crippen LogP contribution in [0, 0.1) is 0 Å². The molecule has 0 aromatic heterocycles. The smallest absolute Gasteiger partial charge is 0.344 e. The van der Waals surface area contributed by atoms with Gasteiger partial charge in [-0.25, -0.2) is 4.79 Å². The van der Waals surface area contributed by atoms with Crippen LogP contribution in [0.5, 0.6) is 0 Å². The quantitative estimate of drug-likeness (QED) is 0.324. The molecule has 0 saturated heterocycles. The third-order valence-corrected chi connectivity index (χ3v) is 12.7. The molecule has 0 bridgehead atoms. The topological polar surface area (TPSA) is 65.0 Å². The highest BCUT2D eigenvalue weighted by Gasteiger charge is 2.42. The Labute approximate surface area is 166 Å². The SMILES string of the molecule is C[Si](C)(C)O[Si](C=Cc1ccccc1)(CCCOC(=O)CO)O[Si](C)(C)C. The fourth-order valence-corrected chi connectivity index (χ4v) is 14.1. The van der Waals surface area contributed by atoms with Crippen molar-refractivity contribution in [3.63, 3.8) is 0 Å². The Kier molecular flexibility index (Phi) is 9.32. The van der Waals surface area contributed by atoms with Crippen LogP contribution >= 0.6 is 0 Å². The van der Waals surface area contributed by atoms with Gasteiger partial charge in [-0.15, -0.1) is 0 Å². The first-order valence-electron chi connectivity index (χ1n) is 9.36. The Morgan fingerprint density at radius 3 is 2.04 bits per heavy atom. The van der Waals surface area contributed by atoms with Gasteiger partial charge in [-0.2, -0.15) is 0 Å². The summed E-state index contributed by atoms with van der Waals surface area (Å²) in [5.41, 5.74) is 3.26. The number of carbonyl (C=O) groups excluding carboxylic acids is 1. The van der Waals surface area contributed by atoms with E-state index in [2.05, 4.69) is 63.2 Å². The van der Waals surface area contributed by atoms with E-state index in [1.54, 1.807) is 0 Å². The number of aliphatic hydroxyl groups is 1. The van der Waals surface area contributed by atoms with E-state index >= 15 is 0 Å². The molecule has 0 atom stereocenters. The van der Waals surface area contributed by atoms with Crippen molar-refractivity contribution >= 4 is 37.2 Å². The third-order valence-electron chi connectivity index (χ3n) is 3.35. The lowest BCUT2D eigenvalue weighted by molar-refractivity contribution is -0.146. The summed E-state index contributed by atoms with van der Waals surface area (Å²) >= 11 is 0. The van der Waals surface area contributed by atoms with Crippen LogP contribution in [0.3, 0.4) is 0 Å². The molecule has 1 rings (SSSR count). The largest absolute Gasteiger partial charge is 0.464 e. The summed E-state index contributed by atoms with van der Waals surface area (Å²) in [4.78, 5) is 11.2. The van der Waals surface area contributed by atoms with Gasteiger partial charge in [0.15, 0.2) is 16.6 Å². The minimum atomic E-state index is -2.64. The van der Waals surface area contributed by atoms with Crippen molar-refractivity contribution < 1.29 is 22.9 Å². The molecule has 27 heavy (non-hydrogen) atoms. The van der Waals surface area contributed by atoms with Gasteiger partial charge >= 0.3 is 14.5 Å². The fraction of sp³-hybridized carbons (Fsp3) is 0.526. The molecule has 0 spiro atoms. The average molecular weight is 427 g/mol. The molecule has 1 aromatic rings. The summed E-state index contributed by atoms with van der Waals surface area (Å²) in [6.45, 7) is 12.7. The van der Waals surface area contributed by atoms with Gasteiger partial charge < -0.3 is 18.1 Å². The standard InChI is InChI=1S/C19H34O5Si3/c1-25(2,3)23-27(24-26(4,5)6,15-10-14-22-19(21)17-20)16-13-18-11-8-7-9-12-18/h7-9,11-13,16,20H,10,14-15,17H2,1-6H3. The number of hydrogen-bond donors (Lipinski definition) is 1. The minimum absolute atomic E-state index is 0.261. The molecule has 0 unspecified atom stereocenters. The number of ether oxygens (including phenoxy) is 1. The molecule has 1 aromatic carbocycles. The van der Waals surface area contributed by atoms with Crippen LogP contribution in [0.2, 0.25) is 45.3 Å². The molecule has 1 N–H and O–H groups in total. The number of hydrogen-bond acceptors (Lipinski definition) is 5. The van der Waals surface area contributed by atoms with E-state index in [1.165, 1.54) is 0 Å². The summed E-state index contributed by atoms with van der Waals surface area (Å²) in [7, 11) is -6.36. The Balaban J connectivity index is 3.06. The molecule has 0 fully saturated rings. The van der Waals surface area contributed by atoms with E-state index in [9.17, 15) is 4.79 Å². The second-order valence-corrected chi connectivity index (χ2v) is 21.0. The molecule has 5 nitrogen and oxygen atoms in total. The van der Waals surface area contributed by atoms with E-state index in [4.69, 9.17) is 18.1 Å². The molecule has 8 heteroatoms. The van der Waals surface area contributed by atoms with Crippen molar-refractivity contribution in [2.24, 2.45) is 0 Å². The van der Waals surface area contributed by atoms with Crippen molar-refractivity contribution in [2.45, 2.75) is 51.7 Å². The maximum Gasteiger partial charge on any atom is 0.344 e. The first kappa shape index (κ1) is 24.0. The van der Waals surface area contributed by atoms with Crippen molar-refractivity contribution in [3.05, 3.63) is 41.6 Å². The van der Waals surface area contributed by atoms with E-state index in [0.29, 0.717) is 12.5 Å². The van der Waals surface area contributed by atoms with Gasteiger partial charge in [-0.05, 0) is 63.0 Å². The molecule has 0 aliphatic carbocycles. The lowest BCUT2D eigenvalue weighted by atomic mass is 10.2. The number of rotatable bonds is 11. The van der Waals surface area contributed by atoms with Crippen molar-refractivity contribution in [3.8, 4) is 0 Å². The highest BCUT2D eigenvalue weighted by atomic mass is 28.5. The normalized spacial score (nSPS) is 13.1. The van der Waals surface area contributed by atoms with E-state index in [0.717, 1.165) is 5.56 Å². The Bertz CT molecular complexity index is 590.